The molecule has 2 saturated heterocycles. The van der Waals surface area contributed by atoms with Crippen LogP contribution in [0.3, 0.4) is 0 Å². The number of rotatable bonds is 4. The van der Waals surface area contributed by atoms with Crippen LogP contribution in [0.4, 0.5) is 0 Å². The summed E-state index contributed by atoms with van der Waals surface area (Å²) in [5.74, 6) is 3.28. The molecule has 3 heteroatoms. The summed E-state index contributed by atoms with van der Waals surface area (Å²) in [6.45, 7) is 10.3. The maximum Gasteiger partial charge on any atom is 0.118 e. The lowest BCUT2D eigenvalue weighted by Crippen LogP contribution is -2.43. The van der Waals surface area contributed by atoms with Gasteiger partial charge in [0.15, 0.2) is 0 Å². The number of methoxy groups -OCH3 is 1. The normalized spacial score (nSPS) is 42.2. The van der Waals surface area contributed by atoms with E-state index in [0.717, 1.165) is 24.1 Å². The van der Waals surface area contributed by atoms with E-state index >= 15 is 0 Å². The minimum absolute atomic E-state index is 0.0103. The second kappa shape index (κ2) is 5.22. The maximum absolute atomic E-state index is 6.53. The molecule has 23 heavy (non-hydrogen) atoms. The maximum atomic E-state index is 6.53. The molecular weight excluding hydrogens is 286 g/mol. The van der Waals surface area contributed by atoms with Crippen LogP contribution in [0.25, 0.3) is 0 Å². The average molecular weight is 315 g/mol. The van der Waals surface area contributed by atoms with Crippen molar-refractivity contribution in [2.45, 2.75) is 51.4 Å². The molecule has 0 bridgehead atoms. The first-order valence-corrected chi connectivity index (χ1v) is 8.99. The molecule has 0 N–H and O–H groups in total. The largest absolute Gasteiger partial charge is 0.497 e. The van der Waals surface area contributed by atoms with Crippen molar-refractivity contribution in [1.82, 2.24) is 4.90 Å². The number of nitrogens with zero attached hydrogens (tertiary/aromatic N) is 1. The Labute approximate surface area is 140 Å². The van der Waals surface area contributed by atoms with Gasteiger partial charge in [0, 0.05) is 24.5 Å². The van der Waals surface area contributed by atoms with Crippen molar-refractivity contribution in [2.75, 3.05) is 20.2 Å². The molecule has 3 aliphatic rings. The van der Waals surface area contributed by atoms with Gasteiger partial charge in [-0.1, -0.05) is 19.1 Å². The second-order valence-corrected chi connectivity index (χ2v) is 8.27. The van der Waals surface area contributed by atoms with Crippen molar-refractivity contribution in [3.63, 3.8) is 0 Å². The highest BCUT2D eigenvalue weighted by molar-refractivity contribution is 5.27. The molecule has 0 unspecified atom stereocenters. The first-order chi connectivity index (χ1) is 11.0. The molecule has 126 valence electrons. The molecule has 1 saturated carbocycles. The molecule has 5 atom stereocenters. The van der Waals surface area contributed by atoms with Crippen LogP contribution in [0.15, 0.2) is 24.3 Å². The van der Waals surface area contributed by atoms with Crippen molar-refractivity contribution in [3.05, 3.63) is 29.8 Å². The molecule has 1 aromatic rings. The molecule has 4 rings (SSSR count). The van der Waals surface area contributed by atoms with E-state index in [9.17, 15) is 0 Å². The molecule has 0 aromatic heterocycles. The van der Waals surface area contributed by atoms with Gasteiger partial charge in [-0.15, -0.1) is 0 Å². The van der Waals surface area contributed by atoms with E-state index < -0.39 is 0 Å². The zero-order chi connectivity index (χ0) is 16.2. The Bertz CT molecular complexity index is 586. The van der Waals surface area contributed by atoms with Crippen LogP contribution in [0, 0.1) is 17.8 Å². The second-order valence-electron chi connectivity index (χ2n) is 8.27. The third-order valence-electron chi connectivity index (χ3n) is 7.07. The molecule has 0 spiro atoms. The first-order valence-electron chi connectivity index (χ1n) is 8.99. The average Bonchev–Trinajstić information content (AvgIpc) is 3.09. The summed E-state index contributed by atoms with van der Waals surface area (Å²) < 4.78 is 11.8. The van der Waals surface area contributed by atoms with Crippen LogP contribution >= 0.6 is 0 Å². The number of ether oxygens (including phenoxy) is 2. The Balaban J connectivity index is 1.49. The summed E-state index contributed by atoms with van der Waals surface area (Å²) in [4.78, 5) is 2.73. The van der Waals surface area contributed by atoms with Gasteiger partial charge in [0.05, 0.1) is 19.3 Å². The van der Waals surface area contributed by atoms with Crippen LogP contribution in [-0.4, -0.2) is 36.2 Å². The summed E-state index contributed by atoms with van der Waals surface area (Å²) in [5.41, 5.74) is 1.59. The van der Waals surface area contributed by atoms with Gasteiger partial charge in [0.2, 0.25) is 0 Å². The minimum atomic E-state index is -0.0103. The Kier molecular flexibility index (Phi) is 3.51. The van der Waals surface area contributed by atoms with Crippen molar-refractivity contribution < 1.29 is 9.47 Å². The number of hydrogen-bond donors (Lipinski definition) is 0. The fourth-order valence-corrected chi connectivity index (χ4v) is 5.94. The summed E-state index contributed by atoms with van der Waals surface area (Å²) in [5, 5.41) is 0. The van der Waals surface area contributed by atoms with Crippen LogP contribution in [-0.2, 0) is 11.3 Å². The lowest BCUT2D eigenvalue weighted by Gasteiger charge is -2.36. The van der Waals surface area contributed by atoms with Gasteiger partial charge in [-0.2, -0.15) is 0 Å². The monoisotopic (exact) mass is 315 g/mol. The third-order valence-corrected chi connectivity index (χ3v) is 7.07. The molecule has 0 amide bonds. The van der Waals surface area contributed by atoms with Crippen LogP contribution < -0.4 is 4.74 Å². The highest BCUT2D eigenvalue weighted by atomic mass is 16.5. The van der Waals surface area contributed by atoms with Gasteiger partial charge in [0.25, 0.3) is 0 Å². The van der Waals surface area contributed by atoms with Crippen LogP contribution in [0.5, 0.6) is 5.75 Å². The Morgan fingerprint density at radius 1 is 1.17 bits per heavy atom. The molecule has 2 aliphatic heterocycles. The predicted molar refractivity (Wildman–Crippen MR) is 91.5 cm³/mol. The summed E-state index contributed by atoms with van der Waals surface area (Å²) >= 11 is 0. The lowest BCUT2D eigenvalue weighted by molar-refractivity contribution is -0.0672. The SMILES string of the molecule is COc1ccc(CO[C@]2(C)CN3C[C@@H](C)[C@@H]4CC[C@H]2[C@@]43C)cc1. The van der Waals surface area contributed by atoms with Crippen molar-refractivity contribution in [3.8, 4) is 5.75 Å². The summed E-state index contributed by atoms with van der Waals surface area (Å²) in [6, 6.07) is 8.25. The van der Waals surface area contributed by atoms with Gasteiger partial charge >= 0.3 is 0 Å². The first kappa shape index (κ1) is 15.5. The molecule has 3 nitrogen and oxygen atoms in total. The van der Waals surface area contributed by atoms with Gasteiger partial charge in [-0.3, -0.25) is 4.90 Å². The third kappa shape index (κ3) is 2.16. The smallest absolute Gasteiger partial charge is 0.118 e. The van der Waals surface area contributed by atoms with E-state index in [1.165, 1.54) is 24.9 Å². The van der Waals surface area contributed by atoms with E-state index in [4.69, 9.17) is 9.47 Å². The zero-order valence-corrected chi connectivity index (χ0v) is 14.8. The van der Waals surface area contributed by atoms with Crippen molar-refractivity contribution in [1.29, 1.82) is 0 Å². The molecular formula is C20H29NO2. The van der Waals surface area contributed by atoms with E-state index in [2.05, 4.69) is 37.8 Å². The molecule has 3 fully saturated rings. The van der Waals surface area contributed by atoms with Crippen LogP contribution in [0.2, 0.25) is 0 Å². The molecule has 0 radical (unpaired) electrons. The van der Waals surface area contributed by atoms with E-state index in [1.54, 1.807) is 7.11 Å². The summed E-state index contributed by atoms with van der Waals surface area (Å²) in [7, 11) is 1.70. The van der Waals surface area contributed by atoms with Crippen LogP contribution in [0.1, 0.15) is 39.2 Å². The molecule has 1 aliphatic carbocycles. The number of benzene rings is 1. The van der Waals surface area contributed by atoms with Gasteiger partial charge < -0.3 is 9.47 Å². The van der Waals surface area contributed by atoms with Crippen molar-refractivity contribution >= 4 is 0 Å². The Hall–Kier alpha value is -1.06. The van der Waals surface area contributed by atoms with Gasteiger partial charge in [0.1, 0.15) is 5.75 Å². The van der Waals surface area contributed by atoms with Crippen molar-refractivity contribution in [2.24, 2.45) is 17.8 Å². The van der Waals surface area contributed by atoms with Gasteiger partial charge in [-0.25, -0.2) is 0 Å². The van der Waals surface area contributed by atoms with E-state index in [0.29, 0.717) is 18.1 Å². The fourth-order valence-electron chi connectivity index (χ4n) is 5.94. The number of hydrogen-bond acceptors (Lipinski definition) is 3. The minimum Gasteiger partial charge on any atom is -0.497 e. The topological polar surface area (TPSA) is 21.7 Å². The van der Waals surface area contributed by atoms with E-state index in [1.807, 2.05) is 12.1 Å². The molecule has 2 heterocycles. The zero-order valence-electron chi connectivity index (χ0n) is 14.8. The Morgan fingerprint density at radius 2 is 1.91 bits per heavy atom. The Morgan fingerprint density at radius 3 is 2.61 bits per heavy atom. The molecule has 1 aromatic carbocycles. The quantitative estimate of drug-likeness (QED) is 0.845. The van der Waals surface area contributed by atoms with E-state index in [-0.39, 0.29) is 5.60 Å². The van der Waals surface area contributed by atoms with Gasteiger partial charge in [-0.05, 0) is 56.2 Å². The highest BCUT2D eigenvalue weighted by Crippen LogP contribution is 2.61. The standard InChI is InChI=1S/C20H29NO2/c1-14-11-21-13-19(2,18-10-9-17(14)20(18,21)3)23-12-15-5-7-16(22-4)8-6-15/h5-8,14,17-18H,9-13H2,1-4H3/t14-,17+,18-,19-,20-/m1/s1. The fraction of sp³-hybridized carbons (Fsp3) is 0.700. The predicted octanol–water partition coefficient (Wildman–Crippen LogP) is 3.72. The lowest BCUT2D eigenvalue weighted by atomic mass is 9.77. The highest BCUT2D eigenvalue weighted by Gasteiger charge is 2.67. The summed E-state index contributed by atoms with van der Waals surface area (Å²) in [6.07, 6.45) is 2.70.